The summed E-state index contributed by atoms with van der Waals surface area (Å²) in [5.41, 5.74) is 4.79. The summed E-state index contributed by atoms with van der Waals surface area (Å²) >= 11 is 0. The van der Waals surface area contributed by atoms with Crippen molar-refractivity contribution in [3.8, 4) is 0 Å². The van der Waals surface area contributed by atoms with Crippen LogP contribution in [0.15, 0.2) is 65.7 Å². The van der Waals surface area contributed by atoms with E-state index in [9.17, 15) is 9.59 Å². The average Bonchev–Trinajstić information content (AvgIpc) is 2.82. The first kappa shape index (κ1) is 20.9. The van der Waals surface area contributed by atoms with Crippen molar-refractivity contribution in [2.45, 2.75) is 13.0 Å². The van der Waals surface area contributed by atoms with Crippen LogP contribution in [0.2, 0.25) is 0 Å². The largest absolute Gasteiger partial charge is 0.369 e. The number of benzene rings is 2. The topological polar surface area (TPSA) is 80.3 Å². The number of amidine groups is 1. The third-order valence-electron chi connectivity index (χ3n) is 5.55. The molecule has 1 fully saturated rings. The molecule has 0 spiro atoms. The lowest BCUT2D eigenvalue weighted by atomic mass is 10.2. The highest BCUT2D eigenvalue weighted by atomic mass is 16.2. The van der Waals surface area contributed by atoms with Crippen molar-refractivity contribution in [1.29, 1.82) is 0 Å². The Labute approximate surface area is 182 Å². The minimum absolute atomic E-state index is 0.157. The molecular formula is C23H28N6O2. The number of nitrogens with zero attached hydrogens (tertiary/aromatic N) is 4. The summed E-state index contributed by atoms with van der Waals surface area (Å²) in [6.07, 6.45) is 0. The zero-order valence-corrected chi connectivity index (χ0v) is 17.7. The van der Waals surface area contributed by atoms with E-state index in [1.165, 1.54) is 10.7 Å². The molecule has 4 rings (SSSR count). The van der Waals surface area contributed by atoms with Crippen molar-refractivity contribution in [3.63, 3.8) is 0 Å². The molecule has 2 aliphatic rings. The van der Waals surface area contributed by atoms with Crippen molar-refractivity contribution in [2.24, 2.45) is 4.99 Å². The number of nitrogens with one attached hydrogen (secondary N) is 2. The van der Waals surface area contributed by atoms with Gasteiger partial charge in [-0.15, -0.1) is 0 Å². The quantitative estimate of drug-likeness (QED) is 0.736. The summed E-state index contributed by atoms with van der Waals surface area (Å²) in [7, 11) is 0. The van der Waals surface area contributed by atoms with Crippen molar-refractivity contribution >= 4 is 29.0 Å². The average molecular weight is 421 g/mol. The number of amides is 2. The molecule has 2 heterocycles. The molecule has 2 amide bonds. The number of piperazine rings is 1. The first-order valence-corrected chi connectivity index (χ1v) is 10.7. The fraction of sp³-hybridized carbons (Fsp3) is 0.348. The lowest BCUT2D eigenvalue weighted by molar-refractivity contribution is -0.120. The molecule has 162 valence electrons. The van der Waals surface area contributed by atoms with Gasteiger partial charge in [0.05, 0.1) is 5.69 Å². The zero-order chi connectivity index (χ0) is 21.6. The highest BCUT2D eigenvalue weighted by molar-refractivity contribution is 6.39. The van der Waals surface area contributed by atoms with Crippen LogP contribution in [-0.2, 0) is 9.59 Å². The second-order valence-corrected chi connectivity index (χ2v) is 7.69. The normalized spacial score (nSPS) is 19.6. The predicted molar refractivity (Wildman–Crippen MR) is 122 cm³/mol. The summed E-state index contributed by atoms with van der Waals surface area (Å²) in [6.45, 7) is 6.85. The zero-order valence-electron chi connectivity index (χ0n) is 17.7. The Morgan fingerprint density at radius 2 is 1.61 bits per heavy atom. The van der Waals surface area contributed by atoms with E-state index in [2.05, 4.69) is 49.8 Å². The summed E-state index contributed by atoms with van der Waals surface area (Å²) in [5, 5.41) is 4.31. The Hall–Kier alpha value is -3.39. The van der Waals surface area contributed by atoms with Gasteiger partial charge < -0.3 is 10.2 Å². The Kier molecular flexibility index (Phi) is 6.47. The van der Waals surface area contributed by atoms with E-state index in [4.69, 9.17) is 0 Å². The van der Waals surface area contributed by atoms with E-state index in [0.29, 0.717) is 12.2 Å². The van der Waals surface area contributed by atoms with Crippen LogP contribution in [0.4, 0.5) is 11.4 Å². The number of aliphatic imine (C=N–C) groups is 1. The van der Waals surface area contributed by atoms with Crippen LogP contribution in [0.25, 0.3) is 0 Å². The van der Waals surface area contributed by atoms with Crippen LogP contribution in [0.3, 0.4) is 0 Å². The van der Waals surface area contributed by atoms with Crippen LogP contribution < -0.4 is 20.7 Å². The van der Waals surface area contributed by atoms with E-state index >= 15 is 0 Å². The SMILES string of the molecule is CC1N=C(C(=O)NCCN2CCN(c3ccccc3)CC2)NN(c2ccccc2)C1=O. The number of hydrazine groups is 1. The van der Waals surface area contributed by atoms with Gasteiger partial charge in [0, 0.05) is 45.0 Å². The molecule has 0 saturated carbocycles. The number of anilines is 2. The number of hydrogen-bond acceptors (Lipinski definition) is 6. The van der Waals surface area contributed by atoms with Gasteiger partial charge in [-0.2, -0.15) is 0 Å². The second kappa shape index (κ2) is 9.61. The van der Waals surface area contributed by atoms with Crippen LogP contribution in [-0.4, -0.2) is 67.9 Å². The van der Waals surface area contributed by atoms with Crippen LogP contribution in [0.1, 0.15) is 6.92 Å². The molecule has 2 aliphatic heterocycles. The molecule has 8 heteroatoms. The van der Waals surface area contributed by atoms with Crippen LogP contribution in [0, 0.1) is 0 Å². The molecule has 0 aromatic heterocycles. The molecule has 8 nitrogen and oxygen atoms in total. The standard InChI is InChI=1S/C23H28N6O2/c1-18-23(31)29(20-10-6-3-7-11-20)26-21(25-18)22(30)24-12-13-27-14-16-28(17-15-27)19-8-4-2-5-9-19/h2-11,18H,12-17H2,1H3,(H,24,30)(H,25,26). The lowest BCUT2D eigenvalue weighted by Crippen LogP contribution is -2.58. The Morgan fingerprint density at radius 3 is 2.26 bits per heavy atom. The summed E-state index contributed by atoms with van der Waals surface area (Å²) in [4.78, 5) is 34.1. The molecule has 1 atom stereocenters. The Morgan fingerprint density at radius 1 is 1.00 bits per heavy atom. The lowest BCUT2D eigenvalue weighted by Gasteiger charge is -2.36. The van der Waals surface area contributed by atoms with E-state index in [-0.39, 0.29) is 17.6 Å². The van der Waals surface area contributed by atoms with Crippen molar-refractivity contribution in [3.05, 3.63) is 60.7 Å². The molecule has 1 saturated heterocycles. The molecular weight excluding hydrogens is 392 g/mol. The molecule has 0 radical (unpaired) electrons. The minimum Gasteiger partial charge on any atom is -0.369 e. The van der Waals surface area contributed by atoms with Crippen molar-refractivity contribution < 1.29 is 9.59 Å². The van der Waals surface area contributed by atoms with Gasteiger partial charge in [0.1, 0.15) is 6.04 Å². The minimum atomic E-state index is -0.617. The third-order valence-corrected chi connectivity index (χ3v) is 5.55. The molecule has 2 aromatic carbocycles. The maximum absolute atomic E-state index is 12.6. The van der Waals surface area contributed by atoms with Gasteiger partial charge in [0.2, 0.25) is 5.84 Å². The molecule has 1 unspecified atom stereocenters. The van der Waals surface area contributed by atoms with E-state index in [0.717, 1.165) is 32.7 Å². The Balaban J connectivity index is 1.25. The Bertz CT molecular complexity index is 926. The molecule has 0 aliphatic carbocycles. The summed E-state index contributed by atoms with van der Waals surface area (Å²) in [5.74, 6) is -0.341. The van der Waals surface area contributed by atoms with E-state index in [1.807, 2.05) is 36.4 Å². The first-order valence-electron chi connectivity index (χ1n) is 10.7. The highest BCUT2D eigenvalue weighted by Crippen LogP contribution is 2.16. The van der Waals surface area contributed by atoms with Crippen LogP contribution in [0.5, 0.6) is 0 Å². The fourth-order valence-corrected chi connectivity index (χ4v) is 3.78. The number of carbonyl (C=O) groups is 2. The second-order valence-electron chi connectivity index (χ2n) is 7.69. The molecule has 0 bridgehead atoms. The maximum Gasteiger partial charge on any atom is 0.288 e. The third kappa shape index (κ3) is 5.03. The molecule has 31 heavy (non-hydrogen) atoms. The molecule has 2 N–H and O–H groups in total. The number of para-hydroxylation sites is 2. The van der Waals surface area contributed by atoms with Gasteiger partial charge in [-0.05, 0) is 31.2 Å². The van der Waals surface area contributed by atoms with Crippen LogP contribution >= 0.6 is 0 Å². The van der Waals surface area contributed by atoms with E-state index in [1.54, 1.807) is 6.92 Å². The predicted octanol–water partition coefficient (Wildman–Crippen LogP) is 1.26. The van der Waals surface area contributed by atoms with Crippen molar-refractivity contribution in [1.82, 2.24) is 15.6 Å². The van der Waals surface area contributed by atoms with Gasteiger partial charge in [0.25, 0.3) is 11.8 Å². The highest BCUT2D eigenvalue weighted by Gasteiger charge is 2.30. The van der Waals surface area contributed by atoms with Gasteiger partial charge in [-0.25, -0.2) is 10.0 Å². The summed E-state index contributed by atoms with van der Waals surface area (Å²) < 4.78 is 0. The number of hydrogen-bond donors (Lipinski definition) is 2. The summed E-state index contributed by atoms with van der Waals surface area (Å²) in [6, 6.07) is 19.0. The van der Waals surface area contributed by atoms with Gasteiger partial charge in [0.15, 0.2) is 0 Å². The molecule has 2 aromatic rings. The fourth-order valence-electron chi connectivity index (χ4n) is 3.78. The number of carbonyl (C=O) groups excluding carboxylic acids is 2. The van der Waals surface area contributed by atoms with Gasteiger partial charge >= 0.3 is 0 Å². The van der Waals surface area contributed by atoms with E-state index < -0.39 is 6.04 Å². The maximum atomic E-state index is 12.6. The monoisotopic (exact) mass is 420 g/mol. The van der Waals surface area contributed by atoms with Gasteiger partial charge in [-0.3, -0.25) is 19.9 Å². The van der Waals surface area contributed by atoms with Gasteiger partial charge in [-0.1, -0.05) is 36.4 Å². The first-order chi connectivity index (χ1) is 15.1. The number of rotatable bonds is 6. The smallest absolute Gasteiger partial charge is 0.288 e. The van der Waals surface area contributed by atoms with Crippen molar-refractivity contribution in [2.75, 3.05) is 49.2 Å².